The Kier molecular flexibility index (Phi) is 8.91. The monoisotopic (exact) mass is 430 g/mol. The molecule has 2 N–H and O–H groups in total. The van der Waals surface area contributed by atoms with Crippen molar-refractivity contribution in [2.45, 2.75) is 46.3 Å². The summed E-state index contributed by atoms with van der Waals surface area (Å²) in [6, 6.07) is 9.34. The molecule has 0 aromatic heterocycles. The summed E-state index contributed by atoms with van der Waals surface area (Å²) < 4.78 is 0. The maximum atomic E-state index is 4.72. The highest BCUT2D eigenvalue weighted by molar-refractivity contribution is 14.0. The summed E-state index contributed by atoms with van der Waals surface area (Å²) in [6.45, 7) is 10.2. The Balaban J connectivity index is 0.00000264. The highest BCUT2D eigenvalue weighted by Gasteiger charge is 2.33. The van der Waals surface area contributed by atoms with Crippen LogP contribution < -0.4 is 10.6 Å². The standard InChI is InChI=1S/C18H30N4.HI/c1-5-19-18(21-17-10-14(17)3)20-12-15-8-7-9-16(11-15)13-22(4)6-2;/h7-9,11,14,17H,5-6,10,12-13H2,1-4H3,(H2,19,20,21);1H. The van der Waals surface area contributed by atoms with Crippen LogP contribution in [0.5, 0.6) is 0 Å². The molecular formula is C18H31IN4. The fraction of sp³-hybridized carbons (Fsp3) is 0.611. The Labute approximate surface area is 158 Å². The third kappa shape index (κ3) is 7.08. The van der Waals surface area contributed by atoms with E-state index in [1.54, 1.807) is 0 Å². The van der Waals surface area contributed by atoms with Crippen LogP contribution in [0.4, 0.5) is 0 Å². The lowest BCUT2D eigenvalue weighted by Crippen LogP contribution is -2.39. The molecule has 1 saturated carbocycles. The largest absolute Gasteiger partial charge is 0.357 e. The fourth-order valence-electron chi connectivity index (χ4n) is 2.44. The van der Waals surface area contributed by atoms with Crippen LogP contribution in [-0.2, 0) is 13.1 Å². The van der Waals surface area contributed by atoms with Gasteiger partial charge in [-0.1, -0.05) is 38.1 Å². The van der Waals surface area contributed by atoms with Gasteiger partial charge in [0, 0.05) is 19.1 Å². The lowest BCUT2D eigenvalue weighted by Gasteiger charge is -2.14. The molecule has 130 valence electrons. The molecule has 0 heterocycles. The molecule has 5 heteroatoms. The van der Waals surface area contributed by atoms with Gasteiger partial charge in [0.05, 0.1) is 6.54 Å². The van der Waals surface area contributed by atoms with Crippen molar-refractivity contribution < 1.29 is 0 Å². The van der Waals surface area contributed by atoms with Crippen molar-refractivity contribution in [1.82, 2.24) is 15.5 Å². The minimum Gasteiger partial charge on any atom is -0.357 e. The van der Waals surface area contributed by atoms with E-state index in [-0.39, 0.29) is 24.0 Å². The predicted molar refractivity (Wildman–Crippen MR) is 109 cm³/mol. The fourth-order valence-corrected chi connectivity index (χ4v) is 2.44. The zero-order valence-corrected chi connectivity index (χ0v) is 17.1. The summed E-state index contributed by atoms with van der Waals surface area (Å²) in [5, 5.41) is 6.83. The molecule has 23 heavy (non-hydrogen) atoms. The maximum Gasteiger partial charge on any atom is 0.191 e. The quantitative estimate of drug-likeness (QED) is 0.397. The molecule has 1 aliphatic rings. The number of nitrogens with zero attached hydrogens (tertiary/aromatic N) is 2. The molecule has 0 amide bonds. The number of benzene rings is 1. The highest BCUT2D eigenvalue weighted by Crippen LogP contribution is 2.28. The number of hydrogen-bond donors (Lipinski definition) is 2. The first-order chi connectivity index (χ1) is 10.6. The Morgan fingerprint density at radius 1 is 1.30 bits per heavy atom. The van der Waals surface area contributed by atoms with E-state index in [0.29, 0.717) is 6.04 Å². The number of rotatable bonds is 7. The van der Waals surface area contributed by atoms with E-state index < -0.39 is 0 Å². The zero-order chi connectivity index (χ0) is 15.9. The minimum atomic E-state index is 0. The van der Waals surface area contributed by atoms with Crippen molar-refractivity contribution in [2.24, 2.45) is 10.9 Å². The van der Waals surface area contributed by atoms with E-state index in [4.69, 9.17) is 4.99 Å². The molecule has 1 aliphatic carbocycles. The van der Waals surface area contributed by atoms with Gasteiger partial charge in [-0.15, -0.1) is 24.0 Å². The Morgan fingerprint density at radius 3 is 2.61 bits per heavy atom. The van der Waals surface area contributed by atoms with E-state index in [0.717, 1.165) is 38.1 Å². The van der Waals surface area contributed by atoms with Crippen molar-refractivity contribution >= 4 is 29.9 Å². The Hall–Kier alpha value is -0.820. The van der Waals surface area contributed by atoms with Crippen LogP contribution in [0.2, 0.25) is 0 Å². The lowest BCUT2D eigenvalue weighted by atomic mass is 10.1. The normalized spacial score (nSPS) is 20.1. The van der Waals surface area contributed by atoms with Gasteiger partial charge in [-0.2, -0.15) is 0 Å². The summed E-state index contributed by atoms with van der Waals surface area (Å²) in [6.07, 6.45) is 1.25. The van der Waals surface area contributed by atoms with Gasteiger partial charge in [-0.25, -0.2) is 4.99 Å². The molecule has 0 radical (unpaired) electrons. The van der Waals surface area contributed by atoms with Crippen molar-refractivity contribution in [3.05, 3.63) is 35.4 Å². The van der Waals surface area contributed by atoms with Crippen LogP contribution in [0.3, 0.4) is 0 Å². The number of nitrogens with one attached hydrogen (secondary N) is 2. The molecule has 0 saturated heterocycles. The van der Waals surface area contributed by atoms with Crippen molar-refractivity contribution in [2.75, 3.05) is 20.1 Å². The second-order valence-corrected chi connectivity index (χ2v) is 6.31. The molecule has 2 unspecified atom stereocenters. The number of hydrogen-bond acceptors (Lipinski definition) is 2. The van der Waals surface area contributed by atoms with Gasteiger partial charge in [-0.05, 0) is 44.0 Å². The van der Waals surface area contributed by atoms with Crippen LogP contribution in [0.25, 0.3) is 0 Å². The van der Waals surface area contributed by atoms with E-state index in [1.807, 2.05) is 0 Å². The van der Waals surface area contributed by atoms with Gasteiger partial charge in [0.15, 0.2) is 5.96 Å². The summed E-state index contributed by atoms with van der Waals surface area (Å²) in [4.78, 5) is 7.03. The Morgan fingerprint density at radius 2 is 2.00 bits per heavy atom. The molecule has 1 fully saturated rings. The smallest absolute Gasteiger partial charge is 0.191 e. The number of halogens is 1. The van der Waals surface area contributed by atoms with Gasteiger partial charge in [0.25, 0.3) is 0 Å². The summed E-state index contributed by atoms with van der Waals surface area (Å²) >= 11 is 0. The number of guanidine groups is 1. The molecule has 1 aromatic carbocycles. The average molecular weight is 430 g/mol. The van der Waals surface area contributed by atoms with Crippen molar-refractivity contribution in [3.63, 3.8) is 0 Å². The SMILES string of the molecule is CCNC(=NCc1cccc(CN(C)CC)c1)NC1CC1C.I. The highest BCUT2D eigenvalue weighted by atomic mass is 127. The molecule has 0 aliphatic heterocycles. The second kappa shape index (κ2) is 10.1. The molecule has 4 nitrogen and oxygen atoms in total. The van der Waals surface area contributed by atoms with Gasteiger partial charge in [-0.3, -0.25) is 0 Å². The van der Waals surface area contributed by atoms with Crippen LogP contribution >= 0.6 is 24.0 Å². The van der Waals surface area contributed by atoms with Crippen molar-refractivity contribution in [3.8, 4) is 0 Å². The van der Waals surface area contributed by atoms with Gasteiger partial charge in [0.2, 0.25) is 0 Å². The summed E-state index contributed by atoms with van der Waals surface area (Å²) in [7, 11) is 2.15. The molecule has 2 rings (SSSR count). The Bertz CT molecular complexity index is 504. The van der Waals surface area contributed by atoms with E-state index in [9.17, 15) is 0 Å². The third-order valence-corrected chi connectivity index (χ3v) is 4.18. The van der Waals surface area contributed by atoms with Crippen molar-refractivity contribution in [1.29, 1.82) is 0 Å². The average Bonchev–Trinajstić information content (AvgIpc) is 3.20. The first kappa shape index (κ1) is 20.2. The van der Waals surface area contributed by atoms with Crippen LogP contribution in [0.1, 0.15) is 38.3 Å². The maximum absolute atomic E-state index is 4.72. The summed E-state index contributed by atoms with van der Waals surface area (Å²) in [5.41, 5.74) is 2.62. The molecule has 1 aromatic rings. The third-order valence-electron chi connectivity index (χ3n) is 4.18. The van der Waals surface area contributed by atoms with Crippen LogP contribution in [0.15, 0.2) is 29.3 Å². The topological polar surface area (TPSA) is 39.7 Å². The van der Waals surface area contributed by atoms with Gasteiger partial charge < -0.3 is 15.5 Å². The molecule has 0 bridgehead atoms. The van der Waals surface area contributed by atoms with Crippen LogP contribution in [-0.4, -0.2) is 37.0 Å². The summed E-state index contributed by atoms with van der Waals surface area (Å²) in [5.74, 6) is 1.71. The minimum absolute atomic E-state index is 0. The van der Waals surface area contributed by atoms with Crippen LogP contribution in [0, 0.1) is 5.92 Å². The van der Waals surface area contributed by atoms with Gasteiger partial charge in [0.1, 0.15) is 0 Å². The molecule has 0 spiro atoms. The van der Waals surface area contributed by atoms with E-state index in [1.165, 1.54) is 17.5 Å². The molecular weight excluding hydrogens is 399 g/mol. The first-order valence-corrected chi connectivity index (χ1v) is 8.43. The molecule has 2 atom stereocenters. The van der Waals surface area contributed by atoms with E-state index in [2.05, 4.69) is 67.6 Å². The number of aliphatic imine (C=N–C) groups is 1. The lowest BCUT2D eigenvalue weighted by molar-refractivity contribution is 0.345. The van der Waals surface area contributed by atoms with E-state index >= 15 is 0 Å². The van der Waals surface area contributed by atoms with Gasteiger partial charge >= 0.3 is 0 Å². The zero-order valence-electron chi connectivity index (χ0n) is 14.8. The predicted octanol–water partition coefficient (Wildman–Crippen LogP) is 3.22. The second-order valence-electron chi connectivity index (χ2n) is 6.31. The first-order valence-electron chi connectivity index (χ1n) is 8.43.